The summed E-state index contributed by atoms with van der Waals surface area (Å²) < 4.78 is 48.1. The second-order valence-electron chi connectivity index (χ2n) is 10.5. The summed E-state index contributed by atoms with van der Waals surface area (Å²) >= 11 is 6.14. The lowest BCUT2D eigenvalue weighted by Crippen LogP contribution is -2.60. The third kappa shape index (κ3) is 7.36. The quantitative estimate of drug-likeness (QED) is 0.337. The lowest BCUT2D eigenvalue weighted by atomic mass is 10.0. The number of aromatic nitrogens is 3. The fourth-order valence-corrected chi connectivity index (χ4v) is 5.35. The molecule has 0 radical (unpaired) electrons. The molecule has 1 aromatic carbocycles. The Balaban J connectivity index is 1.58. The first-order chi connectivity index (χ1) is 20.6. The van der Waals surface area contributed by atoms with Gasteiger partial charge in [-0.1, -0.05) is 23.7 Å². The van der Waals surface area contributed by atoms with Crippen molar-refractivity contribution in [2.75, 3.05) is 0 Å². The Kier molecular flexibility index (Phi) is 9.62. The molecule has 1 aliphatic rings. The zero-order valence-corrected chi connectivity index (χ0v) is 24.9. The van der Waals surface area contributed by atoms with Crippen LogP contribution < -0.4 is 20.9 Å². The molecule has 0 spiro atoms. The van der Waals surface area contributed by atoms with Crippen molar-refractivity contribution in [1.82, 2.24) is 30.7 Å². The van der Waals surface area contributed by atoms with Crippen molar-refractivity contribution in [3.63, 3.8) is 0 Å². The van der Waals surface area contributed by atoms with Crippen molar-refractivity contribution in [2.45, 2.75) is 70.9 Å². The van der Waals surface area contributed by atoms with Crippen LogP contribution >= 0.6 is 11.6 Å². The van der Waals surface area contributed by atoms with Crippen LogP contribution in [0.2, 0.25) is 5.02 Å². The molecule has 2 aromatic heterocycles. The standard InChI is InChI=1S/C29H30ClF3N6O5/c1-14-12-24(27(42)38-37-14)44-23-11-8-20(34-15(23)2)26(41)35-16(3)28(43)39-21(18-6-5-7-19(30)13-18)9-10-22(39)25(29(31,32)33)36-17(4)40/h5-8,11-13,16,21-22,25H,9-10H2,1-4H3,(H,35,41)(H,36,40)(H,38,42)/t16-,21+,22-,25?/m1/s1. The maximum atomic E-state index is 14.2. The van der Waals surface area contributed by atoms with Crippen molar-refractivity contribution >= 4 is 29.3 Å². The summed E-state index contributed by atoms with van der Waals surface area (Å²) in [7, 11) is 0. The summed E-state index contributed by atoms with van der Waals surface area (Å²) in [5, 5.41) is 10.9. The van der Waals surface area contributed by atoms with E-state index in [0.29, 0.717) is 16.3 Å². The zero-order valence-electron chi connectivity index (χ0n) is 24.2. The maximum absolute atomic E-state index is 14.2. The van der Waals surface area contributed by atoms with Gasteiger partial charge in [0.1, 0.15) is 23.5 Å². The average Bonchev–Trinajstić information content (AvgIpc) is 3.38. The first-order valence-electron chi connectivity index (χ1n) is 13.6. The van der Waals surface area contributed by atoms with E-state index >= 15 is 0 Å². The van der Waals surface area contributed by atoms with E-state index in [-0.39, 0.29) is 35.7 Å². The lowest BCUT2D eigenvalue weighted by Gasteiger charge is -2.37. The third-order valence-corrected chi connectivity index (χ3v) is 7.35. The number of benzene rings is 1. The van der Waals surface area contributed by atoms with Gasteiger partial charge < -0.3 is 20.3 Å². The Morgan fingerprint density at radius 1 is 1.09 bits per heavy atom. The number of carbonyl (C=O) groups excluding carboxylic acids is 3. The molecule has 0 saturated carbocycles. The first kappa shape index (κ1) is 32.5. The number of halogens is 4. The summed E-state index contributed by atoms with van der Waals surface area (Å²) in [6.07, 6.45) is -4.74. The molecule has 3 aromatic rings. The molecule has 1 aliphatic heterocycles. The molecule has 4 rings (SSSR count). The molecule has 3 heterocycles. The van der Waals surface area contributed by atoms with Gasteiger partial charge in [-0.05, 0) is 63.4 Å². The maximum Gasteiger partial charge on any atom is 0.410 e. The number of H-pyrrole nitrogens is 1. The van der Waals surface area contributed by atoms with Crippen molar-refractivity contribution in [3.8, 4) is 11.5 Å². The van der Waals surface area contributed by atoms with Gasteiger partial charge in [0.05, 0.1) is 23.5 Å². The predicted molar refractivity (Wildman–Crippen MR) is 153 cm³/mol. The van der Waals surface area contributed by atoms with E-state index in [1.807, 2.05) is 5.32 Å². The number of hydrogen-bond acceptors (Lipinski definition) is 7. The predicted octanol–water partition coefficient (Wildman–Crippen LogP) is 4.15. The van der Waals surface area contributed by atoms with E-state index in [4.69, 9.17) is 16.3 Å². The van der Waals surface area contributed by atoms with Gasteiger partial charge in [0, 0.05) is 18.0 Å². The number of amides is 3. The second kappa shape index (κ2) is 13.0. The number of nitrogens with one attached hydrogen (secondary N) is 3. The topological polar surface area (TPSA) is 146 Å². The van der Waals surface area contributed by atoms with Gasteiger partial charge in [-0.2, -0.15) is 18.3 Å². The van der Waals surface area contributed by atoms with Crippen LogP contribution in [0.25, 0.3) is 0 Å². The Bertz CT molecular complexity index is 1630. The van der Waals surface area contributed by atoms with Crippen LogP contribution in [0.1, 0.15) is 60.2 Å². The Morgan fingerprint density at radius 3 is 2.45 bits per heavy atom. The number of ether oxygens (including phenoxy) is 1. The van der Waals surface area contributed by atoms with Gasteiger partial charge in [0.2, 0.25) is 11.8 Å². The van der Waals surface area contributed by atoms with Crippen LogP contribution in [0.5, 0.6) is 11.5 Å². The minimum atomic E-state index is -4.85. The lowest BCUT2D eigenvalue weighted by molar-refractivity contribution is -0.176. The van der Waals surface area contributed by atoms with Gasteiger partial charge in [0.15, 0.2) is 5.75 Å². The molecular weight excluding hydrogens is 605 g/mol. The molecule has 0 bridgehead atoms. The number of nitrogens with zero attached hydrogens (tertiary/aromatic N) is 3. The summed E-state index contributed by atoms with van der Waals surface area (Å²) in [4.78, 5) is 55.9. The molecule has 44 heavy (non-hydrogen) atoms. The van der Waals surface area contributed by atoms with E-state index < -0.39 is 53.6 Å². The Morgan fingerprint density at radius 2 is 1.82 bits per heavy atom. The SMILES string of the molecule is CC(=O)NC([C@H]1CC[C@@H](c2cccc(Cl)c2)N1C(=O)[C@@H](C)NC(=O)c1ccc(Oc2cc(C)n[nH]c2=O)c(C)n1)C(F)(F)F. The Hall–Kier alpha value is -4.46. The molecule has 0 aliphatic carbocycles. The fraction of sp³-hybridized carbons (Fsp3) is 0.379. The minimum Gasteiger partial charge on any atom is -0.450 e. The number of aromatic amines is 1. The fourth-order valence-electron chi connectivity index (χ4n) is 5.15. The first-order valence-corrected chi connectivity index (χ1v) is 14.0. The van der Waals surface area contributed by atoms with Gasteiger partial charge in [-0.3, -0.25) is 19.2 Å². The van der Waals surface area contributed by atoms with Crippen molar-refractivity contribution < 1.29 is 32.3 Å². The summed E-state index contributed by atoms with van der Waals surface area (Å²) in [6, 6.07) is 4.79. The normalized spacial score (nSPS) is 18.0. The number of aryl methyl sites for hydroxylation is 2. The number of carbonyl (C=O) groups is 3. The Labute approximate surface area is 255 Å². The van der Waals surface area contributed by atoms with Crippen molar-refractivity contribution in [1.29, 1.82) is 0 Å². The highest BCUT2D eigenvalue weighted by Crippen LogP contribution is 2.41. The molecular formula is C29H30ClF3N6O5. The molecule has 1 saturated heterocycles. The zero-order chi connectivity index (χ0) is 32.3. The van der Waals surface area contributed by atoms with Crippen LogP contribution in [-0.2, 0) is 9.59 Å². The summed E-state index contributed by atoms with van der Waals surface area (Å²) in [5.41, 5.74) is 0.634. The van der Waals surface area contributed by atoms with E-state index in [2.05, 4.69) is 20.5 Å². The third-order valence-electron chi connectivity index (χ3n) is 7.12. The van der Waals surface area contributed by atoms with Crippen molar-refractivity contribution in [2.24, 2.45) is 0 Å². The number of hydrogen-bond donors (Lipinski definition) is 3. The van der Waals surface area contributed by atoms with Crippen LogP contribution in [0.3, 0.4) is 0 Å². The molecule has 1 unspecified atom stereocenters. The average molecular weight is 635 g/mol. The number of alkyl halides is 3. The smallest absolute Gasteiger partial charge is 0.410 e. The molecule has 3 N–H and O–H groups in total. The van der Waals surface area contributed by atoms with Crippen LogP contribution in [0.4, 0.5) is 13.2 Å². The highest BCUT2D eigenvalue weighted by Gasteiger charge is 2.53. The van der Waals surface area contributed by atoms with Crippen LogP contribution in [0.15, 0.2) is 47.3 Å². The molecule has 234 valence electrons. The minimum absolute atomic E-state index is 0.0235. The van der Waals surface area contributed by atoms with Gasteiger partial charge in [0.25, 0.3) is 5.91 Å². The number of rotatable bonds is 8. The molecule has 4 atom stereocenters. The van der Waals surface area contributed by atoms with E-state index in [0.717, 1.165) is 11.8 Å². The van der Waals surface area contributed by atoms with Gasteiger partial charge in [-0.25, -0.2) is 10.1 Å². The monoisotopic (exact) mass is 634 g/mol. The molecule has 15 heteroatoms. The van der Waals surface area contributed by atoms with E-state index in [9.17, 15) is 32.3 Å². The van der Waals surface area contributed by atoms with E-state index in [1.165, 1.54) is 25.1 Å². The highest BCUT2D eigenvalue weighted by atomic mass is 35.5. The van der Waals surface area contributed by atoms with Crippen LogP contribution in [-0.4, -0.2) is 62.1 Å². The summed E-state index contributed by atoms with van der Waals surface area (Å²) in [6.45, 7) is 5.54. The molecule has 11 nitrogen and oxygen atoms in total. The van der Waals surface area contributed by atoms with Crippen LogP contribution in [0, 0.1) is 13.8 Å². The number of likely N-dealkylation sites (tertiary alicyclic amines) is 1. The van der Waals surface area contributed by atoms with Crippen molar-refractivity contribution in [3.05, 3.63) is 80.5 Å². The van der Waals surface area contributed by atoms with Gasteiger partial charge in [-0.15, -0.1) is 0 Å². The largest absolute Gasteiger partial charge is 0.450 e. The number of pyridine rings is 1. The second-order valence-corrected chi connectivity index (χ2v) is 10.9. The van der Waals surface area contributed by atoms with Gasteiger partial charge >= 0.3 is 11.7 Å². The van der Waals surface area contributed by atoms with E-state index in [1.54, 1.807) is 38.1 Å². The highest BCUT2D eigenvalue weighted by molar-refractivity contribution is 6.30. The molecule has 3 amide bonds. The summed E-state index contributed by atoms with van der Waals surface area (Å²) in [5.74, 6) is -2.27. The molecule has 1 fully saturated rings.